The summed E-state index contributed by atoms with van der Waals surface area (Å²) < 4.78 is 0. The minimum Gasteiger partial charge on any atom is -0.386 e. The second kappa shape index (κ2) is 9.20. The van der Waals surface area contributed by atoms with Gasteiger partial charge >= 0.3 is 0 Å². The standard InChI is InChI=1S/C18H22N6.C2H6/c1-2-15-16(22-6-5-21-15)11-14(1)12-23-17-13-20-4-3-18(17)24-9-7-19-8-10-24;1-2/h1-3,5-6,11,13,19-20,23H,4,7-10,12H2;1-2H3. The normalized spacial score (nSPS) is 16.8. The topological polar surface area (TPSA) is 65.1 Å². The van der Waals surface area contributed by atoms with E-state index in [-0.39, 0.29) is 0 Å². The van der Waals surface area contributed by atoms with E-state index in [0.29, 0.717) is 0 Å². The summed E-state index contributed by atoms with van der Waals surface area (Å²) in [5.41, 5.74) is 5.53. The van der Waals surface area contributed by atoms with E-state index in [1.807, 2.05) is 19.9 Å². The Morgan fingerprint density at radius 2 is 1.85 bits per heavy atom. The number of hydrogen-bond donors (Lipinski definition) is 3. The molecule has 3 heterocycles. The van der Waals surface area contributed by atoms with Crippen LogP contribution in [0, 0.1) is 0 Å². The van der Waals surface area contributed by atoms with Gasteiger partial charge in [-0.1, -0.05) is 19.9 Å². The fraction of sp³-hybridized carbons (Fsp3) is 0.400. The summed E-state index contributed by atoms with van der Waals surface area (Å²) in [7, 11) is 0. The lowest BCUT2D eigenvalue weighted by Crippen LogP contribution is -2.45. The molecule has 1 fully saturated rings. The molecule has 0 aliphatic carbocycles. The molecule has 0 bridgehead atoms. The van der Waals surface area contributed by atoms with Gasteiger partial charge in [0.2, 0.25) is 0 Å². The summed E-state index contributed by atoms with van der Waals surface area (Å²) in [5.74, 6) is 0. The summed E-state index contributed by atoms with van der Waals surface area (Å²) in [6.07, 6.45) is 7.80. The Morgan fingerprint density at radius 3 is 2.65 bits per heavy atom. The van der Waals surface area contributed by atoms with Crippen LogP contribution in [0.3, 0.4) is 0 Å². The molecule has 26 heavy (non-hydrogen) atoms. The summed E-state index contributed by atoms with van der Waals surface area (Å²) in [4.78, 5) is 11.1. The molecule has 1 aromatic carbocycles. The van der Waals surface area contributed by atoms with E-state index >= 15 is 0 Å². The predicted molar refractivity (Wildman–Crippen MR) is 106 cm³/mol. The number of fused-ring (bicyclic) bond motifs is 1. The largest absolute Gasteiger partial charge is 0.386 e. The summed E-state index contributed by atoms with van der Waals surface area (Å²) in [6, 6.07) is 6.23. The van der Waals surface area contributed by atoms with Crippen LogP contribution in [-0.4, -0.2) is 47.6 Å². The van der Waals surface area contributed by atoms with E-state index in [9.17, 15) is 0 Å². The Kier molecular flexibility index (Phi) is 6.44. The maximum atomic E-state index is 4.38. The highest BCUT2D eigenvalue weighted by Gasteiger charge is 2.18. The molecule has 2 aliphatic heterocycles. The highest BCUT2D eigenvalue weighted by molar-refractivity contribution is 5.74. The van der Waals surface area contributed by atoms with Gasteiger partial charge in [-0.15, -0.1) is 0 Å². The lowest BCUT2D eigenvalue weighted by Gasteiger charge is -2.34. The third-order valence-corrected chi connectivity index (χ3v) is 4.41. The van der Waals surface area contributed by atoms with Crippen LogP contribution < -0.4 is 16.0 Å². The molecule has 3 N–H and O–H groups in total. The molecule has 2 aliphatic rings. The Balaban J connectivity index is 0.000000948. The van der Waals surface area contributed by atoms with Crippen LogP contribution in [0.25, 0.3) is 11.0 Å². The van der Waals surface area contributed by atoms with E-state index in [2.05, 4.69) is 55.2 Å². The number of rotatable bonds is 4. The molecule has 0 atom stereocenters. The van der Waals surface area contributed by atoms with Crippen LogP contribution in [0.4, 0.5) is 0 Å². The number of hydrogen-bond acceptors (Lipinski definition) is 6. The minimum absolute atomic E-state index is 0.767. The monoisotopic (exact) mass is 352 g/mol. The zero-order chi connectivity index (χ0) is 18.2. The molecule has 0 saturated carbocycles. The smallest absolute Gasteiger partial charge is 0.0890 e. The van der Waals surface area contributed by atoms with Gasteiger partial charge in [-0.25, -0.2) is 0 Å². The van der Waals surface area contributed by atoms with E-state index in [4.69, 9.17) is 0 Å². The first kappa shape index (κ1) is 18.2. The Morgan fingerprint density at radius 1 is 1.08 bits per heavy atom. The molecule has 4 rings (SSSR count). The van der Waals surface area contributed by atoms with E-state index in [0.717, 1.165) is 56.0 Å². The quantitative estimate of drug-likeness (QED) is 0.782. The fourth-order valence-corrected chi connectivity index (χ4v) is 3.16. The number of benzene rings is 1. The van der Waals surface area contributed by atoms with Crippen LogP contribution in [0.15, 0.2) is 54.3 Å². The Bertz CT molecular complexity index is 777. The molecular formula is C20H28N6. The van der Waals surface area contributed by atoms with Gasteiger partial charge in [0.25, 0.3) is 0 Å². The molecule has 0 radical (unpaired) electrons. The first-order valence-corrected chi connectivity index (χ1v) is 9.43. The SMILES string of the molecule is C1=C(NCc2ccc3nccnc3c2)C(N2CCNCC2)=CCN1.CC. The molecule has 6 heteroatoms. The number of dihydropyridines is 1. The molecular weight excluding hydrogens is 324 g/mol. The number of piperazine rings is 1. The molecule has 2 aromatic rings. The summed E-state index contributed by atoms with van der Waals surface area (Å²) >= 11 is 0. The lowest BCUT2D eigenvalue weighted by molar-refractivity contribution is 0.298. The molecule has 0 spiro atoms. The third-order valence-electron chi connectivity index (χ3n) is 4.41. The zero-order valence-electron chi connectivity index (χ0n) is 15.6. The van der Waals surface area contributed by atoms with Crippen LogP contribution in [0.1, 0.15) is 19.4 Å². The number of aromatic nitrogens is 2. The second-order valence-electron chi connectivity index (χ2n) is 6.03. The highest BCUT2D eigenvalue weighted by atomic mass is 15.2. The van der Waals surface area contributed by atoms with E-state index in [1.54, 1.807) is 12.4 Å². The lowest BCUT2D eigenvalue weighted by atomic mass is 10.1. The number of nitrogens with zero attached hydrogens (tertiary/aromatic N) is 3. The third kappa shape index (κ3) is 4.32. The highest BCUT2D eigenvalue weighted by Crippen LogP contribution is 2.17. The molecule has 0 amide bonds. The van der Waals surface area contributed by atoms with Crippen molar-refractivity contribution in [1.82, 2.24) is 30.8 Å². The van der Waals surface area contributed by atoms with Gasteiger partial charge in [0.1, 0.15) is 0 Å². The van der Waals surface area contributed by atoms with Crippen molar-refractivity contribution in [3.63, 3.8) is 0 Å². The van der Waals surface area contributed by atoms with Crippen molar-refractivity contribution >= 4 is 11.0 Å². The molecule has 0 unspecified atom stereocenters. The predicted octanol–water partition coefficient (Wildman–Crippen LogP) is 1.98. The average molecular weight is 352 g/mol. The van der Waals surface area contributed by atoms with Crippen molar-refractivity contribution in [2.24, 2.45) is 0 Å². The molecule has 138 valence electrons. The summed E-state index contributed by atoms with van der Waals surface area (Å²) in [6.45, 7) is 9.84. The minimum atomic E-state index is 0.767. The van der Waals surface area contributed by atoms with Crippen molar-refractivity contribution in [3.05, 3.63) is 59.8 Å². The molecule has 6 nitrogen and oxygen atoms in total. The van der Waals surface area contributed by atoms with Gasteiger partial charge in [0, 0.05) is 57.9 Å². The van der Waals surface area contributed by atoms with Gasteiger partial charge in [-0.2, -0.15) is 0 Å². The maximum absolute atomic E-state index is 4.38. The van der Waals surface area contributed by atoms with Crippen LogP contribution in [0.5, 0.6) is 0 Å². The van der Waals surface area contributed by atoms with Gasteiger partial charge in [-0.05, 0) is 23.8 Å². The Labute approximate surface area is 155 Å². The van der Waals surface area contributed by atoms with Crippen LogP contribution in [0.2, 0.25) is 0 Å². The maximum Gasteiger partial charge on any atom is 0.0890 e. The first-order valence-electron chi connectivity index (χ1n) is 9.43. The molecule has 1 aromatic heterocycles. The fourth-order valence-electron chi connectivity index (χ4n) is 3.16. The van der Waals surface area contributed by atoms with Crippen molar-refractivity contribution in [2.45, 2.75) is 20.4 Å². The van der Waals surface area contributed by atoms with Crippen LogP contribution >= 0.6 is 0 Å². The second-order valence-corrected chi connectivity index (χ2v) is 6.03. The number of nitrogens with one attached hydrogen (secondary N) is 3. The first-order chi connectivity index (χ1) is 12.9. The Hall–Kier alpha value is -2.60. The van der Waals surface area contributed by atoms with Gasteiger partial charge < -0.3 is 20.9 Å². The van der Waals surface area contributed by atoms with Crippen molar-refractivity contribution in [2.75, 3.05) is 32.7 Å². The summed E-state index contributed by atoms with van der Waals surface area (Å²) in [5, 5.41) is 10.3. The van der Waals surface area contributed by atoms with E-state index in [1.165, 1.54) is 11.3 Å². The van der Waals surface area contributed by atoms with Gasteiger partial charge in [0.15, 0.2) is 0 Å². The average Bonchev–Trinajstić information content (AvgIpc) is 2.74. The van der Waals surface area contributed by atoms with Gasteiger partial charge in [-0.3, -0.25) is 9.97 Å². The van der Waals surface area contributed by atoms with Gasteiger partial charge in [0.05, 0.1) is 22.4 Å². The zero-order valence-corrected chi connectivity index (χ0v) is 15.6. The van der Waals surface area contributed by atoms with Crippen molar-refractivity contribution in [1.29, 1.82) is 0 Å². The van der Waals surface area contributed by atoms with E-state index < -0.39 is 0 Å². The van der Waals surface area contributed by atoms with Crippen molar-refractivity contribution in [3.8, 4) is 0 Å². The van der Waals surface area contributed by atoms with Crippen molar-refractivity contribution < 1.29 is 0 Å². The molecule has 1 saturated heterocycles. The van der Waals surface area contributed by atoms with Crippen LogP contribution in [-0.2, 0) is 6.54 Å².